The molecule has 10 heteroatoms. The van der Waals surface area contributed by atoms with E-state index in [9.17, 15) is 18.4 Å². The van der Waals surface area contributed by atoms with Gasteiger partial charge in [0.2, 0.25) is 5.91 Å². The smallest absolute Gasteiger partial charge is 0.317 e. The fraction of sp³-hybridized carbons (Fsp3) is 0.400. The second kappa shape index (κ2) is 12.4. The summed E-state index contributed by atoms with van der Waals surface area (Å²) in [5, 5.41) is 10.9. The monoisotopic (exact) mass is 548 g/mol. The van der Waals surface area contributed by atoms with Crippen LogP contribution in [0.4, 0.5) is 19.4 Å². The predicted molar refractivity (Wildman–Crippen MR) is 148 cm³/mol. The Morgan fingerprint density at radius 1 is 1.00 bits per heavy atom. The van der Waals surface area contributed by atoms with Gasteiger partial charge < -0.3 is 20.0 Å². The van der Waals surface area contributed by atoms with Crippen LogP contribution in [0.3, 0.4) is 0 Å². The summed E-state index contributed by atoms with van der Waals surface area (Å²) in [6.07, 6.45) is 3.79. The van der Waals surface area contributed by atoms with E-state index < -0.39 is 23.5 Å². The first-order valence-corrected chi connectivity index (χ1v) is 13.7. The molecule has 2 saturated heterocycles. The largest absolute Gasteiger partial charge is 0.354 e. The Labute approximate surface area is 233 Å². The van der Waals surface area contributed by atoms with Crippen molar-refractivity contribution < 1.29 is 18.4 Å². The Morgan fingerprint density at radius 3 is 2.55 bits per heavy atom. The van der Waals surface area contributed by atoms with Crippen molar-refractivity contribution >= 4 is 17.8 Å². The third-order valence-electron chi connectivity index (χ3n) is 8.00. The highest BCUT2D eigenvalue weighted by molar-refractivity contribution is 5.82. The summed E-state index contributed by atoms with van der Waals surface area (Å²) >= 11 is 0. The van der Waals surface area contributed by atoms with Crippen LogP contribution in [0.1, 0.15) is 29.9 Å². The van der Waals surface area contributed by atoms with E-state index in [-0.39, 0.29) is 18.0 Å². The fourth-order valence-corrected chi connectivity index (χ4v) is 5.98. The molecule has 0 radical (unpaired) electrons. The number of carbonyl (C=O) groups is 2. The number of urea groups is 1. The molecule has 2 fully saturated rings. The van der Waals surface area contributed by atoms with Crippen LogP contribution in [0.15, 0.2) is 66.9 Å². The van der Waals surface area contributed by atoms with Gasteiger partial charge in [-0.1, -0.05) is 36.4 Å². The molecule has 210 valence electrons. The molecule has 0 saturated carbocycles. The minimum absolute atomic E-state index is 0.0132. The molecule has 3 unspecified atom stereocenters. The van der Waals surface area contributed by atoms with Crippen molar-refractivity contribution in [3.8, 4) is 0 Å². The number of nitrogens with zero attached hydrogens (tertiary/aromatic N) is 5. The first-order valence-electron chi connectivity index (χ1n) is 13.7. The average molecular weight is 549 g/mol. The molecule has 40 heavy (non-hydrogen) atoms. The molecule has 0 bridgehead atoms. The van der Waals surface area contributed by atoms with Crippen LogP contribution in [0, 0.1) is 17.6 Å². The van der Waals surface area contributed by atoms with Gasteiger partial charge in [0, 0.05) is 64.0 Å². The fourth-order valence-electron chi connectivity index (χ4n) is 5.98. The number of anilines is 1. The van der Waals surface area contributed by atoms with E-state index in [4.69, 9.17) is 0 Å². The number of aromatic nitrogens is 2. The highest BCUT2D eigenvalue weighted by Crippen LogP contribution is 2.37. The van der Waals surface area contributed by atoms with Gasteiger partial charge in [-0.3, -0.25) is 4.79 Å². The van der Waals surface area contributed by atoms with E-state index in [0.717, 1.165) is 30.9 Å². The molecule has 3 atom stereocenters. The summed E-state index contributed by atoms with van der Waals surface area (Å²) < 4.78 is 28.7. The average Bonchev–Trinajstić information content (AvgIpc) is 3.40. The zero-order chi connectivity index (χ0) is 28.1. The summed E-state index contributed by atoms with van der Waals surface area (Å²) in [6, 6.07) is 17.0. The van der Waals surface area contributed by atoms with Crippen molar-refractivity contribution in [2.24, 2.45) is 5.92 Å². The molecule has 1 aromatic heterocycles. The molecule has 3 aromatic rings. The third-order valence-corrected chi connectivity index (χ3v) is 8.00. The maximum absolute atomic E-state index is 15.0. The molecule has 8 nitrogen and oxygen atoms in total. The summed E-state index contributed by atoms with van der Waals surface area (Å²) in [7, 11) is 1.62. The van der Waals surface area contributed by atoms with Crippen molar-refractivity contribution in [3.63, 3.8) is 0 Å². The molecule has 2 aliphatic heterocycles. The number of amides is 3. The number of benzene rings is 2. The lowest BCUT2D eigenvalue weighted by Gasteiger charge is -2.38. The van der Waals surface area contributed by atoms with Crippen LogP contribution in [0.2, 0.25) is 0 Å². The molecule has 0 aliphatic carbocycles. The van der Waals surface area contributed by atoms with Gasteiger partial charge in [0.05, 0.1) is 5.92 Å². The Bertz CT molecular complexity index is 1310. The summed E-state index contributed by atoms with van der Waals surface area (Å²) in [5.74, 6) is -1.86. The molecule has 2 aliphatic rings. The standard InChI is InChI=1S/C30H34F2N6O2/c1-33-30(40)38-16-15-36(14-6-9-23(38)17-21-7-3-2-4-8-21)29(39)26-20-37(28-10-5-13-34-35-28)19-25(26)24-12-11-22(31)18-27(24)32/h2-5,7-8,10-13,18,23,25-26H,6,9,14-17,19-20H2,1H3,(H,33,40). The van der Waals surface area contributed by atoms with Gasteiger partial charge in [0.1, 0.15) is 11.6 Å². The molecule has 1 N–H and O–H groups in total. The van der Waals surface area contributed by atoms with Crippen LogP contribution in [-0.4, -0.2) is 77.7 Å². The van der Waals surface area contributed by atoms with Crippen LogP contribution in [0.25, 0.3) is 0 Å². The van der Waals surface area contributed by atoms with Gasteiger partial charge in [-0.15, -0.1) is 5.10 Å². The van der Waals surface area contributed by atoms with Crippen molar-refractivity contribution in [2.75, 3.05) is 44.7 Å². The number of nitrogens with one attached hydrogen (secondary N) is 1. The summed E-state index contributed by atoms with van der Waals surface area (Å²) in [6.45, 7) is 2.00. The number of carbonyl (C=O) groups excluding carboxylic acids is 2. The Kier molecular flexibility index (Phi) is 8.52. The molecular weight excluding hydrogens is 514 g/mol. The molecule has 0 spiro atoms. The van der Waals surface area contributed by atoms with Crippen LogP contribution < -0.4 is 10.2 Å². The van der Waals surface area contributed by atoms with Crippen molar-refractivity contribution in [3.05, 3.63) is 89.6 Å². The molecule has 3 amide bonds. The Morgan fingerprint density at radius 2 is 1.82 bits per heavy atom. The maximum Gasteiger partial charge on any atom is 0.317 e. The van der Waals surface area contributed by atoms with Crippen molar-refractivity contribution in [1.29, 1.82) is 0 Å². The highest BCUT2D eigenvalue weighted by Gasteiger charge is 2.42. The number of halogens is 2. The van der Waals surface area contributed by atoms with Crippen LogP contribution in [0.5, 0.6) is 0 Å². The molecule has 5 rings (SSSR count). The van der Waals surface area contributed by atoms with E-state index >= 15 is 0 Å². The minimum atomic E-state index is -0.661. The lowest BCUT2D eigenvalue weighted by atomic mass is 9.87. The number of rotatable bonds is 5. The highest BCUT2D eigenvalue weighted by atomic mass is 19.1. The molecular formula is C30H34F2N6O2. The van der Waals surface area contributed by atoms with E-state index in [0.29, 0.717) is 44.1 Å². The lowest BCUT2D eigenvalue weighted by molar-refractivity contribution is -0.136. The summed E-state index contributed by atoms with van der Waals surface area (Å²) in [5.41, 5.74) is 1.47. The second-order valence-corrected chi connectivity index (χ2v) is 10.4. The van der Waals surface area contributed by atoms with Crippen molar-refractivity contribution in [1.82, 2.24) is 25.3 Å². The van der Waals surface area contributed by atoms with Gasteiger partial charge in [0.15, 0.2) is 5.82 Å². The number of hydrogen-bond acceptors (Lipinski definition) is 5. The normalized spacial score (nSPS) is 21.6. The second-order valence-electron chi connectivity index (χ2n) is 10.4. The van der Waals surface area contributed by atoms with E-state index in [1.54, 1.807) is 24.2 Å². The molecule has 3 heterocycles. The zero-order valence-electron chi connectivity index (χ0n) is 22.5. The third kappa shape index (κ3) is 6.05. The Balaban J connectivity index is 1.36. The maximum atomic E-state index is 15.0. The Hall–Kier alpha value is -4.08. The first kappa shape index (κ1) is 27.5. The SMILES string of the molecule is CNC(=O)N1CCN(C(=O)C2CN(c3cccnn3)CC2c2ccc(F)cc2F)CCCC1Cc1ccccc1. The van der Waals surface area contributed by atoms with Crippen LogP contribution >= 0.6 is 0 Å². The van der Waals surface area contributed by atoms with Gasteiger partial charge in [0.25, 0.3) is 0 Å². The number of hydrogen-bond donors (Lipinski definition) is 1. The molecule has 2 aromatic carbocycles. The van der Waals surface area contributed by atoms with Gasteiger partial charge in [-0.25, -0.2) is 13.6 Å². The van der Waals surface area contributed by atoms with Crippen molar-refractivity contribution in [2.45, 2.75) is 31.2 Å². The topological polar surface area (TPSA) is 81.7 Å². The lowest BCUT2D eigenvalue weighted by Crippen LogP contribution is -2.52. The van der Waals surface area contributed by atoms with E-state index in [1.807, 2.05) is 34.1 Å². The van der Waals surface area contributed by atoms with Gasteiger partial charge in [-0.05, 0) is 48.6 Å². The quantitative estimate of drug-likeness (QED) is 0.524. The zero-order valence-corrected chi connectivity index (χ0v) is 22.5. The van der Waals surface area contributed by atoms with Gasteiger partial charge >= 0.3 is 6.03 Å². The summed E-state index contributed by atoms with van der Waals surface area (Å²) in [4.78, 5) is 32.5. The van der Waals surface area contributed by atoms with E-state index in [2.05, 4.69) is 27.6 Å². The minimum Gasteiger partial charge on any atom is -0.354 e. The van der Waals surface area contributed by atoms with Crippen LogP contribution in [-0.2, 0) is 11.2 Å². The van der Waals surface area contributed by atoms with E-state index in [1.165, 1.54) is 12.1 Å². The first-order chi connectivity index (χ1) is 19.4. The predicted octanol–water partition coefficient (Wildman–Crippen LogP) is 3.85. The van der Waals surface area contributed by atoms with Gasteiger partial charge in [-0.2, -0.15) is 5.10 Å².